The van der Waals surface area contributed by atoms with Crippen LogP contribution < -0.4 is 10.6 Å². The summed E-state index contributed by atoms with van der Waals surface area (Å²) in [4.78, 5) is 14.2. The van der Waals surface area contributed by atoms with Crippen molar-refractivity contribution in [1.29, 1.82) is 0 Å². The Labute approximate surface area is 135 Å². The summed E-state index contributed by atoms with van der Waals surface area (Å²) in [7, 11) is 1.98. The number of carbonyl (C=O) groups excluding carboxylic acids is 1. The summed E-state index contributed by atoms with van der Waals surface area (Å²) in [5.74, 6) is 0.713. The Kier molecular flexibility index (Phi) is 6.30. The van der Waals surface area contributed by atoms with Gasteiger partial charge in [0.25, 0.3) is 0 Å². The lowest BCUT2D eigenvalue weighted by Gasteiger charge is -2.31. The predicted octanol–water partition coefficient (Wildman–Crippen LogP) is 2.86. The number of nitrogens with zero attached hydrogens (tertiary/aromatic N) is 1. The highest BCUT2D eigenvalue weighted by Crippen LogP contribution is 2.25. The number of benzene rings is 1. The Morgan fingerprint density at radius 3 is 2.62 bits per heavy atom. The minimum absolute atomic E-state index is 0.0135. The second-order valence-electron chi connectivity index (χ2n) is 5.45. The number of anilines is 1. The van der Waals surface area contributed by atoms with Crippen LogP contribution in [-0.2, 0) is 4.79 Å². The first-order chi connectivity index (χ1) is 10.1. The molecule has 1 saturated heterocycles. The monoisotopic (exact) mass is 329 g/mol. The number of halogens is 2. The lowest BCUT2D eigenvalue weighted by atomic mass is 9.97. The molecule has 2 rings (SSSR count). The van der Waals surface area contributed by atoms with Crippen LogP contribution in [0.5, 0.6) is 0 Å². The zero-order valence-electron chi connectivity index (χ0n) is 12.2. The van der Waals surface area contributed by atoms with Crippen LogP contribution in [-0.4, -0.2) is 44.0 Å². The number of hydrogen-bond donors (Lipinski definition) is 2. The predicted molar refractivity (Wildman–Crippen MR) is 88.2 cm³/mol. The molecule has 1 aromatic rings. The third-order valence-electron chi connectivity index (χ3n) is 3.77. The van der Waals surface area contributed by atoms with E-state index >= 15 is 0 Å². The quantitative estimate of drug-likeness (QED) is 0.873. The van der Waals surface area contributed by atoms with Gasteiger partial charge >= 0.3 is 0 Å². The summed E-state index contributed by atoms with van der Waals surface area (Å²) in [6, 6.07) is 5.11. The Morgan fingerprint density at radius 2 is 2.00 bits per heavy atom. The number of rotatable bonds is 5. The van der Waals surface area contributed by atoms with Crippen molar-refractivity contribution in [3.05, 3.63) is 28.2 Å². The molecule has 0 atom stereocenters. The topological polar surface area (TPSA) is 44.4 Å². The first-order valence-corrected chi connectivity index (χ1v) is 7.96. The van der Waals surface area contributed by atoms with E-state index in [9.17, 15) is 4.79 Å². The average Bonchev–Trinajstić information content (AvgIpc) is 2.45. The van der Waals surface area contributed by atoms with Gasteiger partial charge in [-0.25, -0.2) is 0 Å². The van der Waals surface area contributed by atoms with Gasteiger partial charge in [0.05, 0.1) is 16.6 Å². The molecule has 0 aliphatic carbocycles. The van der Waals surface area contributed by atoms with E-state index in [-0.39, 0.29) is 5.91 Å². The van der Waals surface area contributed by atoms with Crippen LogP contribution in [0.4, 0.5) is 5.69 Å². The van der Waals surface area contributed by atoms with Gasteiger partial charge in [-0.2, -0.15) is 0 Å². The maximum absolute atomic E-state index is 12.0. The molecular weight excluding hydrogens is 309 g/mol. The molecule has 1 aromatic carbocycles. The third kappa shape index (κ3) is 5.15. The van der Waals surface area contributed by atoms with E-state index in [4.69, 9.17) is 23.2 Å². The molecule has 0 unspecified atom stereocenters. The number of amides is 1. The van der Waals surface area contributed by atoms with E-state index in [1.807, 2.05) is 7.05 Å². The van der Waals surface area contributed by atoms with Gasteiger partial charge in [0.2, 0.25) is 5.91 Å². The van der Waals surface area contributed by atoms with Crippen molar-refractivity contribution in [2.45, 2.75) is 12.8 Å². The van der Waals surface area contributed by atoms with Crippen LogP contribution in [0.2, 0.25) is 10.0 Å². The van der Waals surface area contributed by atoms with Crippen LogP contribution in [0.15, 0.2) is 18.2 Å². The molecule has 116 valence electrons. The number of nitrogens with one attached hydrogen (secondary N) is 2. The number of likely N-dealkylation sites (tertiary alicyclic amines) is 1. The van der Waals surface area contributed by atoms with E-state index < -0.39 is 0 Å². The minimum Gasteiger partial charge on any atom is -0.325 e. The van der Waals surface area contributed by atoms with Gasteiger partial charge in [0, 0.05) is 5.69 Å². The van der Waals surface area contributed by atoms with Crippen LogP contribution >= 0.6 is 23.2 Å². The van der Waals surface area contributed by atoms with Crippen molar-refractivity contribution in [1.82, 2.24) is 10.2 Å². The van der Waals surface area contributed by atoms with Gasteiger partial charge in [-0.05, 0) is 63.6 Å². The van der Waals surface area contributed by atoms with Gasteiger partial charge in [0.1, 0.15) is 0 Å². The molecule has 0 spiro atoms. The summed E-state index contributed by atoms with van der Waals surface area (Å²) in [6.07, 6.45) is 2.28. The van der Waals surface area contributed by atoms with Gasteiger partial charge in [-0.1, -0.05) is 23.2 Å². The molecule has 1 aliphatic heterocycles. The molecular formula is C15H21Cl2N3O. The summed E-state index contributed by atoms with van der Waals surface area (Å²) >= 11 is 11.8. The molecule has 6 heteroatoms. The van der Waals surface area contributed by atoms with Gasteiger partial charge in [-0.15, -0.1) is 0 Å². The van der Waals surface area contributed by atoms with Crippen LogP contribution in [0, 0.1) is 5.92 Å². The fourth-order valence-electron chi connectivity index (χ4n) is 2.61. The number of piperidine rings is 1. The molecule has 0 saturated carbocycles. The summed E-state index contributed by atoms with van der Waals surface area (Å²) in [5.41, 5.74) is 0.680. The van der Waals surface area contributed by atoms with E-state index in [2.05, 4.69) is 15.5 Å². The first kappa shape index (κ1) is 16.6. The standard InChI is InChI=1S/C15H21Cl2N3O/c1-18-9-11-4-6-20(7-5-11)10-15(21)19-12-2-3-13(16)14(17)8-12/h2-3,8,11,18H,4-7,9-10H2,1H3,(H,19,21). The lowest BCUT2D eigenvalue weighted by molar-refractivity contribution is -0.117. The molecule has 0 bridgehead atoms. The highest BCUT2D eigenvalue weighted by atomic mass is 35.5. The van der Waals surface area contributed by atoms with Crippen molar-refractivity contribution in [2.75, 3.05) is 38.5 Å². The summed E-state index contributed by atoms with van der Waals surface area (Å²) in [6.45, 7) is 3.43. The fraction of sp³-hybridized carbons (Fsp3) is 0.533. The zero-order valence-corrected chi connectivity index (χ0v) is 13.7. The fourth-order valence-corrected chi connectivity index (χ4v) is 2.91. The van der Waals surface area contributed by atoms with Crippen molar-refractivity contribution in [2.24, 2.45) is 5.92 Å². The van der Waals surface area contributed by atoms with E-state index in [0.717, 1.165) is 38.4 Å². The number of hydrogen-bond acceptors (Lipinski definition) is 3. The van der Waals surface area contributed by atoms with E-state index in [0.29, 0.717) is 22.3 Å². The second kappa shape index (κ2) is 7.99. The molecule has 2 N–H and O–H groups in total. The van der Waals surface area contributed by atoms with Crippen molar-refractivity contribution >= 4 is 34.8 Å². The molecule has 1 heterocycles. The van der Waals surface area contributed by atoms with Crippen molar-refractivity contribution in [3.63, 3.8) is 0 Å². The van der Waals surface area contributed by atoms with E-state index in [1.54, 1.807) is 18.2 Å². The number of carbonyl (C=O) groups is 1. The Balaban J connectivity index is 1.78. The molecule has 1 amide bonds. The van der Waals surface area contributed by atoms with Gasteiger partial charge < -0.3 is 10.6 Å². The van der Waals surface area contributed by atoms with Crippen LogP contribution in [0.3, 0.4) is 0 Å². The molecule has 1 aliphatic rings. The zero-order chi connectivity index (χ0) is 15.2. The van der Waals surface area contributed by atoms with Crippen LogP contribution in [0.1, 0.15) is 12.8 Å². The summed E-state index contributed by atoms with van der Waals surface area (Å²) < 4.78 is 0. The smallest absolute Gasteiger partial charge is 0.238 e. The Hall–Kier alpha value is -0.810. The van der Waals surface area contributed by atoms with E-state index in [1.165, 1.54) is 0 Å². The van der Waals surface area contributed by atoms with Gasteiger partial charge in [-0.3, -0.25) is 9.69 Å². The minimum atomic E-state index is -0.0135. The molecule has 0 radical (unpaired) electrons. The summed E-state index contributed by atoms with van der Waals surface area (Å²) in [5, 5.41) is 7.01. The largest absolute Gasteiger partial charge is 0.325 e. The maximum atomic E-state index is 12.0. The Bertz CT molecular complexity index is 488. The van der Waals surface area contributed by atoms with Crippen molar-refractivity contribution < 1.29 is 4.79 Å². The molecule has 0 aromatic heterocycles. The molecule has 21 heavy (non-hydrogen) atoms. The molecule has 4 nitrogen and oxygen atoms in total. The maximum Gasteiger partial charge on any atom is 0.238 e. The third-order valence-corrected chi connectivity index (χ3v) is 4.51. The lowest BCUT2D eigenvalue weighted by Crippen LogP contribution is -2.40. The second-order valence-corrected chi connectivity index (χ2v) is 6.27. The Morgan fingerprint density at radius 1 is 1.29 bits per heavy atom. The normalized spacial score (nSPS) is 16.9. The highest BCUT2D eigenvalue weighted by molar-refractivity contribution is 6.42. The average molecular weight is 330 g/mol. The first-order valence-electron chi connectivity index (χ1n) is 7.20. The SMILES string of the molecule is CNCC1CCN(CC(=O)Nc2ccc(Cl)c(Cl)c2)CC1. The highest BCUT2D eigenvalue weighted by Gasteiger charge is 2.20. The molecule has 1 fully saturated rings. The van der Waals surface area contributed by atoms with Crippen molar-refractivity contribution in [3.8, 4) is 0 Å². The van der Waals surface area contributed by atoms with Gasteiger partial charge in [0.15, 0.2) is 0 Å². The van der Waals surface area contributed by atoms with Crippen LogP contribution in [0.25, 0.3) is 0 Å².